The lowest BCUT2D eigenvalue weighted by atomic mass is 10.0. The van der Waals surface area contributed by atoms with Gasteiger partial charge in [0.05, 0.1) is 18.0 Å². The van der Waals surface area contributed by atoms with Gasteiger partial charge in [-0.25, -0.2) is 4.98 Å². The minimum Gasteiger partial charge on any atom is -0.495 e. The van der Waals surface area contributed by atoms with E-state index in [1.807, 2.05) is 37.3 Å². The second-order valence-corrected chi connectivity index (χ2v) is 5.12. The van der Waals surface area contributed by atoms with Crippen molar-refractivity contribution in [2.45, 2.75) is 25.9 Å². The van der Waals surface area contributed by atoms with E-state index in [9.17, 15) is 5.11 Å². The van der Waals surface area contributed by atoms with Crippen LogP contribution in [0.15, 0.2) is 34.7 Å². The number of nitrogens with zero attached hydrogens (tertiary/aromatic N) is 1. The summed E-state index contributed by atoms with van der Waals surface area (Å²) in [4.78, 5) is 4.50. The van der Waals surface area contributed by atoms with Crippen LogP contribution in [0, 0.1) is 0 Å². The van der Waals surface area contributed by atoms with Crippen LogP contribution in [0.3, 0.4) is 0 Å². The van der Waals surface area contributed by atoms with Crippen molar-refractivity contribution in [1.82, 2.24) is 4.98 Å². The number of hydrogen-bond donors (Lipinski definition) is 1. The first-order valence-corrected chi connectivity index (χ1v) is 6.66. The van der Waals surface area contributed by atoms with Gasteiger partial charge in [-0.1, -0.05) is 19.1 Å². The Morgan fingerprint density at radius 2 is 2.05 bits per heavy atom. The van der Waals surface area contributed by atoms with Crippen LogP contribution in [0.25, 0.3) is 22.0 Å². The zero-order valence-corrected chi connectivity index (χ0v) is 11.8. The van der Waals surface area contributed by atoms with Gasteiger partial charge in [0.2, 0.25) is 5.71 Å². The van der Waals surface area contributed by atoms with Crippen LogP contribution in [-0.4, -0.2) is 17.2 Å². The van der Waals surface area contributed by atoms with Crippen LogP contribution < -0.4 is 4.74 Å². The largest absolute Gasteiger partial charge is 0.495 e. The molecular weight excluding hydrogens is 254 g/mol. The molecule has 0 fully saturated rings. The number of furan rings is 1. The third kappa shape index (κ3) is 1.84. The lowest BCUT2D eigenvalue weighted by Gasteiger charge is -2.17. The molecular formula is C16H17NO3. The molecule has 0 bridgehead atoms. The summed E-state index contributed by atoms with van der Waals surface area (Å²) < 4.78 is 11.3. The number of ether oxygens (including phenoxy) is 1. The Bertz CT molecular complexity index is 774. The first-order chi connectivity index (χ1) is 9.56. The molecule has 2 heterocycles. The summed E-state index contributed by atoms with van der Waals surface area (Å²) in [5.74, 6) is 1.24. The van der Waals surface area contributed by atoms with E-state index >= 15 is 0 Å². The van der Waals surface area contributed by atoms with Gasteiger partial charge >= 0.3 is 0 Å². The van der Waals surface area contributed by atoms with Gasteiger partial charge in [0.1, 0.15) is 17.1 Å². The predicted molar refractivity (Wildman–Crippen MR) is 77.9 cm³/mol. The molecule has 0 saturated heterocycles. The number of methoxy groups -OCH3 is 1. The van der Waals surface area contributed by atoms with E-state index in [2.05, 4.69) is 4.98 Å². The predicted octanol–water partition coefficient (Wildman–Crippen LogP) is 3.61. The summed E-state index contributed by atoms with van der Waals surface area (Å²) in [5.41, 5.74) is 0.302. The number of pyridine rings is 1. The Morgan fingerprint density at radius 3 is 2.75 bits per heavy atom. The molecule has 0 unspecified atom stereocenters. The van der Waals surface area contributed by atoms with E-state index in [1.54, 1.807) is 14.0 Å². The average Bonchev–Trinajstić information content (AvgIpc) is 2.88. The van der Waals surface area contributed by atoms with Crippen LogP contribution in [0.2, 0.25) is 0 Å². The van der Waals surface area contributed by atoms with Gasteiger partial charge in [-0.05, 0) is 31.5 Å². The smallest absolute Gasteiger partial charge is 0.230 e. The minimum atomic E-state index is -1.00. The molecule has 4 heteroatoms. The molecule has 104 valence electrons. The van der Waals surface area contributed by atoms with Crippen LogP contribution in [0.5, 0.6) is 5.75 Å². The molecule has 1 atom stereocenters. The maximum atomic E-state index is 10.3. The third-order valence-corrected chi connectivity index (χ3v) is 3.75. The van der Waals surface area contributed by atoms with Crippen LogP contribution in [-0.2, 0) is 5.60 Å². The maximum Gasteiger partial charge on any atom is 0.230 e. The number of aliphatic hydroxyl groups is 1. The number of rotatable bonds is 3. The number of aromatic nitrogens is 1. The molecule has 0 aliphatic carbocycles. The van der Waals surface area contributed by atoms with Crippen molar-refractivity contribution in [3.05, 3.63) is 36.1 Å². The molecule has 0 aliphatic rings. The Kier molecular flexibility index (Phi) is 2.91. The molecule has 4 nitrogen and oxygen atoms in total. The molecule has 0 aliphatic heterocycles. The van der Waals surface area contributed by atoms with E-state index in [4.69, 9.17) is 9.15 Å². The molecule has 0 saturated carbocycles. The Morgan fingerprint density at radius 1 is 1.30 bits per heavy atom. The van der Waals surface area contributed by atoms with Crippen molar-refractivity contribution in [2.75, 3.05) is 7.11 Å². The summed E-state index contributed by atoms with van der Waals surface area (Å²) in [7, 11) is 1.63. The maximum absolute atomic E-state index is 10.3. The van der Waals surface area contributed by atoms with Gasteiger partial charge in [0.25, 0.3) is 0 Å². The number of hydrogen-bond acceptors (Lipinski definition) is 4. The zero-order valence-electron chi connectivity index (χ0n) is 11.8. The van der Waals surface area contributed by atoms with Crippen molar-refractivity contribution in [3.63, 3.8) is 0 Å². The highest BCUT2D eigenvalue weighted by atomic mass is 16.5. The van der Waals surface area contributed by atoms with E-state index in [1.165, 1.54) is 0 Å². The van der Waals surface area contributed by atoms with Gasteiger partial charge in [-0.15, -0.1) is 0 Å². The Hall–Kier alpha value is -2.07. The topological polar surface area (TPSA) is 55.5 Å². The third-order valence-electron chi connectivity index (χ3n) is 3.75. The fraction of sp³-hybridized carbons (Fsp3) is 0.312. The lowest BCUT2D eigenvalue weighted by molar-refractivity contribution is 0.0316. The molecule has 1 aromatic carbocycles. The van der Waals surface area contributed by atoms with Crippen LogP contribution in [0.1, 0.15) is 26.0 Å². The monoisotopic (exact) mass is 271 g/mol. The number of benzene rings is 1. The summed E-state index contributed by atoms with van der Waals surface area (Å²) in [6, 6.07) is 9.56. The second-order valence-electron chi connectivity index (χ2n) is 5.12. The summed E-state index contributed by atoms with van der Waals surface area (Å²) in [5, 5.41) is 12.1. The van der Waals surface area contributed by atoms with Gasteiger partial charge in [0, 0.05) is 5.39 Å². The van der Waals surface area contributed by atoms with Crippen molar-refractivity contribution in [3.8, 4) is 5.75 Å². The lowest BCUT2D eigenvalue weighted by Crippen LogP contribution is -2.18. The molecule has 0 radical (unpaired) electrons. The van der Waals surface area contributed by atoms with Gasteiger partial charge in [-0.2, -0.15) is 0 Å². The van der Waals surface area contributed by atoms with Crippen LogP contribution >= 0.6 is 0 Å². The summed E-state index contributed by atoms with van der Waals surface area (Å²) >= 11 is 0. The minimum absolute atomic E-state index is 0.490. The number of fused-ring (bicyclic) bond motifs is 2. The van der Waals surface area contributed by atoms with E-state index in [0.29, 0.717) is 17.9 Å². The zero-order chi connectivity index (χ0) is 14.3. The highest BCUT2D eigenvalue weighted by molar-refractivity contribution is 5.99. The molecule has 3 aromatic rings. The first kappa shape index (κ1) is 12.9. The second kappa shape index (κ2) is 4.49. The van der Waals surface area contributed by atoms with Crippen molar-refractivity contribution in [2.24, 2.45) is 0 Å². The van der Waals surface area contributed by atoms with Crippen molar-refractivity contribution >= 4 is 22.0 Å². The van der Waals surface area contributed by atoms with E-state index in [0.717, 1.165) is 22.0 Å². The quantitative estimate of drug-likeness (QED) is 0.790. The SMILES string of the molecule is CC[C@@](C)(O)c1cc2c(OC)c3ccccc3nc2o1. The molecule has 0 amide bonds. The summed E-state index contributed by atoms with van der Waals surface area (Å²) in [6.45, 7) is 3.64. The van der Waals surface area contributed by atoms with Gasteiger partial charge in [0.15, 0.2) is 0 Å². The highest BCUT2D eigenvalue weighted by Crippen LogP contribution is 2.37. The van der Waals surface area contributed by atoms with Gasteiger partial charge in [-0.3, -0.25) is 0 Å². The normalized spacial score (nSPS) is 14.6. The highest BCUT2D eigenvalue weighted by Gasteiger charge is 2.27. The molecule has 1 N–H and O–H groups in total. The van der Waals surface area contributed by atoms with Gasteiger partial charge < -0.3 is 14.3 Å². The molecule has 2 aromatic heterocycles. The fourth-order valence-electron chi connectivity index (χ4n) is 2.30. The van der Waals surface area contributed by atoms with Crippen LogP contribution in [0.4, 0.5) is 0 Å². The Labute approximate surface area is 117 Å². The molecule has 3 rings (SSSR count). The molecule has 0 spiro atoms. The summed E-state index contributed by atoms with van der Waals surface area (Å²) in [6.07, 6.45) is 0.564. The van der Waals surface area contributed by atoms with E-state index < -0.39 is 5.60 Å². The first-order valence-electron chi connectivity index (χ1n) is 6.66. The average molecular weight is 271 g/mol. The number of para-hydroxylation sites is 1. The van der Waals surface area contributed by atoms with E-state index in [-0.39, 0.29) is 0 Å². The Balaban J connectivity index is 2.36. The van der Waals surface area contributed by atoms with Crippen molar-refractivity contribution < 1.29 is 14.3 Å². The fourth-order valence-corrected chi connectivity index (χ4v) is 2.30. The standard InChI is InChI=1S/C16H17NO3/c1-4-16(2,18)13-9-11-14(19-3)10-7-5-6-8-12(10)17-15(11)20-13/h5-9,18H,4H2,1-3H3/t16-/m1/s1. The van der Waals surface area contributed by atoms with Crippen molar-refractivity contribution in [1.29, 1.82) is 0 Å². The molecule has 20 heavy (non-hydrogen) atoms.